The van der Waals surface area contributed by atoms with Gasteiger partial charge < -0.3 is 9.84 Å². The maximum atomic E-state index is 12.9. The van der Waals surface area contributed by atoms with Crippen molar-refractivity contribution in [2.75, 3.05) is 6.61 Å². The van der Waals surface area contributed by atoms with E-state index in [1.807, 2.05) is 13.0 Å². The van der Waals surface area contributed by atoms with Crippen LogP contribution >= 0.6 is 0 Å². The Kier molecular flexibility index (Phi) is 7.64. The lowest BCUT2D eigenvalue weighted by atomic mass is 9.86. The van der Waals surface area contributed by atoms with Crippen LogP contribution in [0.15, 0.2) is 47.7 Å². The number of Topliss-reactive ketones (excluding diaryl/α,β-unsaturated/α-hetero) is 1. The Morgan fingerprint density at radius 3 is 2.50 bits per heavy atom. The molecule has 0 spiro atoms. The van der Waals surface area contributed by atoms with E-state index in [9.17, 15) is 14.7 Å². The lowest BCUT2D eigenvalue weighted by Crippen LogP contribution is -2.22. The topological polar surface area (TPSA) is 63.6 Å². The van der Waals surface area contributed by atoms with Crippen molar-refractivity contribution < 1.29 is 19.4 Å². The van der Waals surface area contributed by atoms with E-state index in [1.165, 1.54) is 12.8 Å². The third kappa shape index (κ3) is 5.32. The quantitative estimate of drug-likeness (QED) is 0.365. The van der Waals surface area contributed by atoms with Crippen LogP contribution in [-0.4, -0.2) is 23.5 Å². The molecule has 1 aromatic rings. The van der Waals surface area contributed by atoms with Crippen molar-refractivity contribution >= 4 is 11.8 Å². The molecule has 0 aromatic heterocycles. The average molecular weight is 356 g/mol. The van der Waals surface area contributed by atoms with Gasteiger partial charge in [-0.05, 0) is 31.9 Å². The average Bonchev–Trinajstić information content (AvgIpc) is 2.64. The van der Waals surface area contributed by atoms with E-state index in [2.05, 4.69) is 6.92 Å². The van der Waals surface area contributed by atoms with Crippen molar-refractivity contribution in [3.8, 4) is 0 Å². The molecule has 0 fully saturated rings. The van der Waals surface area contributed by atoms with E-state index >= 15 is 0 Å². The normalized spacial score (nSPS) is 16.6. The van der Waals surface area contributed by atoms with Gasteiger partial charge in [0.2, 0.25) is 0 Å². The summed E-state index contributed by atoms with van der Waals surface area (Å²) in [5, 5.41) is 10.1. The highest BCUT2D eigenvalue weighted by atomic mass is 16.5. The van der Waals surface area contributed by atoms with E-state index in [-0.39, 0.29) is 17.1 Å². The molecule has 0 saturated carbocycles. The fraction of sp³-hybridized carbons (Fsp3) is 0.455. The van der Waals surface area contributed by atoms with Gasteiger partial charge in [0.1, 0.15) is 5.76 Å². The van der Waals surface area contributed by atoms with E-state index < -0.39 is 11.9 Å². The van der Waals surface area contributed by atoms with Gasteiger partial charge in [0.05, 0.1) is 18.1 Å². The van der Waals surface area contributed by atoms with Crippen LogP contribution in [0.25, 0.3) is 0 Å². The molecule has 1 unspecified atom stereocenters. The molecule has 4 heteroatoms. The fourth-order valence-corrected chi connectivity index (χ4v) is 3.07. The van der Waals surface area contributed by atoms with Gasteiger partial charge in [0.25, 0.3) is 0 Å². The number of ketones is 1. The highest BCUT2D eigenvalue weighted by Gasteiger charge is 2.28. The van der Waals surface area contributed by atoms with Crippen LogP contribution in [0.2, 0.25) is 0 Å². The molecule has 0 bridgehead atoms. The first-order valence-electron chi connectivity index (χ1n) is 9.42. The van der Waals surface area contributed by atoms with Crippen LogP contribution in [0.5, 0.6) is 0 Å². The van der Waals surface area contributed by atoms with Gasteiger partial charge >= 0.3 is 5.97 Å². The first kappa shape index (κ1) is 20.0. The molecule has 1 N–H and O–H groups in total. The van der Waals surface area contributed by atoms with Crippen LogP contribution in [0.3, 0.4) is 0 Å². The van der Waals surface area contributed by atoms with Gasteiger partial charge in [0.15, 0.2) is 5.78 Å². The largest absolute Gasteiger partial charge is 0.512 e. The molecular weight excluding hydrogens is 328 g/mol. The number of hydrogen-bond donors (Lipinski definition) is 1. The van der Waals surface area contributed by atoms with Gasteiger partial charge in [-0.1, -0.05) is 62.5 Å². The maximum Gasteiger partial charge on any atom is 0.338 e. The first-order valence-corrected chi connectivity index (χ1v) is 9.42. The second kappa shape index (κ2) is 9.95. The van der Waals surface area contributed by atoms with Gasteiger partial charge in [-0.15, -0.1) is 0 Å². The Morgan fingerprint density at radius 2 is 1.81 bits per heavy atom. The minimum absolute atomic E-state index is 0.0501. The number of ether oxygens (including phenoxy) is 1. The molecule has 0 saturated heterocycles. The summed E-state index contributed by atoms with van der Waals surface area (Å²) in [5.41, 5.74) is 1.51. The molecule has 140 valence electrons. The SMILES string of the molecule is CCCCCCCOC(=O)c1ccccc1C(=O)C1CC=C(C)C=C1O. The van der Waals surface area contributed by atoms with Crippen LogP contribution in [-0.2, 0) is 4.74 Å². The summed E-state index contributed by atoms with van der Waals surface area (Å²) >= 11 is 0. The van der Waals surface area contributed by atoms with Crippen molar-refractivity contribution in [2.45, 2.75) is 52.4 Å². The highest BCUT2D eigenvalue weighted by molar-refractivity contribution is 6.08. The molecule has 1 aliphatic carbocycles. The Morgan fingerprint density at radius 1 is 1.12 bits per heavy atom. The molecule has 1 aliphatic rings. The number of benzene rings is 1. The Balaban J connectivity index is 2.02. The zero-order valence-corrected chi connectivity index (χ0v) is 15.7. The highest BCUT2D eigenvalue weighted by Crippen LogP contribution is 2.27. The fourth-order valence-electron chi connectivity index (χ4n) is 3.07. The predicted octanol–water partition coefficient (Wildman–Crippen LogP) is 5.40. The van der Waals surface area contributed by atoms with Crippen LogP contribution in [0.1, 0.15) is 73.1 Å². The summed E-state index contributed by atoms with van der Waals surface area (Å²) in [6.45, 7) is 4.40. The minimum Gasteiger partial charge on any atom is -0.512 e. The van der Waals surface area contributed by atoms with Crippen LogP contribution < -0.4 is 0 Å². The van der Waals surface area contributed by atoms with E-state index in [0.29, 0.717) is 18.6 Å². The number of hydrogen-bond acceptors (Lipinski definition) is 4. The lowest BCUT2D eigenvalue weighted by molar-refractivity contribution is 0.0493. The molecule has 0 heterocycles. The molecule has 2 rings (SSSR count). The molecule has 26 heavy (non-hydrogen) atoms. The monoisotopic (exact) mass is 356 g/mol. The van der Waals surface area contributed by atoms with Crippen molar-refractivity contribution in [3.63, 3.8) is 0 Å². The smallest absolute Gasteiger partial charge is 0.338 e. The third-order valence-electron chi connectivity index (χ3n) is 4.62. The Bertz CT molecular complexity index is 700. The standard InChI is InChI=1S/C22H28O4/c1-3-4-5-6-9-14-26-22(25)18-11-8-7-10-17(18)21(24)19-13-12-16(2)15-20(19)23/h7-8,10-12,15,19,23H,3-6,9,13-14H2,1-2H3. The number of aliphatic hydroxyl groups excluding tert-OH is 1. The van der Waals surface area contributed by atoms with Crippen molar-refractivity contribution in [3.05, 3.63) is 58.9 Å². The second-order valence-corrected chi connectivity index (χ2v) is 6.77. The number of carbonyl (C=O) groups excluding carboxylic acids is 2. The van der Waals surface area contributed by atoms with Crippen molar-refractivity contribution in [2.24, 2.45) is 5.92 Å². The van der Waals surface area contributed by atoms with Gasteiger partial charge in [-0.3, -0.25) is 4.79 Å². The van der Waals surface area contributed by atoms with E-state index in [0.717, 1.165) is 24.8 Å². The molecule has 0 amide bonds. The van der Waals surface area contributed by atoms with Crippen LogP contribution in [0.4, 0.5) is 0 Å². The number of rotatable bonds is 9. The Hall–Kier alpha value is -2.36. The summed E-state index contributed by atoms with van der Waals surface area (Å²) in [6.07, 6.45) is 9.33. The molecule has 4 nitrogen and oxygen atoms in total. The maximum absolute atomic E-state index is 12.9. The lowest BCUT2D eigenvalue weighted by Gasteiger charge is -2.19. The van der Waals surface area contributed by atoms with Crippen LogP contribution in [0, 0.1) is 5.92 Å². The molecule has 1 aromatic carbocycles. The van der Waals surface area contributed by atoms with E-state index in [1.54, 1.807) is 30.3 Å². The first-order chi connectivity index (χ1) is 12.5. The number of esters is 1. The second-order valence-electron chi connectivity index (χ2n) is 6.77. The zero-order chi connectivity index (χ0) is 18.9. The summed E-state index contributed by atoms with van der Waals surface area (Å²) in [6, 6.07) is 6.67. The summed E-state index contributed by atoms with van der Waals surface area (Å²) in [5.74, 6) is -1.32. The summed E-state index contributed by atoms with van der Waals surface area (Å²) in [7, 11) is 0. The molecule has 0 radical (unpaired) electrons. The summed E-state index contributed by atoms with van der Waals surface area (Å²) in [4.78, 5) is 25.3. The predicted molar refractivity (Wildman–Crippen MR) is 102 cm³/mol. The zero-order valence-electron chi connectivity index (χ0n) is 15.7. The van der Waals surface area contributed by atoms with Crippen molar-refractivity contribution in [1.29, 1.82) is 0 Å². The number of aliphatic hydroxyl groups is 1. The minimum atomic E-state index is -0.637. The van der Waals surface area contributed by atoms with E-state index in [4.69, 9.17) is 4.74 Å². The number of carbonyl (C=O) groups is 2. The summed E-state index contributed by atoms with van der Waals surface area (Å²) < 4.78 is 5.35. The Labute approximate surface area is 155 Å². The molecule has 0 aliphatic heterocycles. The molecule has 1 atom stereocenters. The van der Waals surface area contributed by atoms with Gasteiger partial charge in [-0.25, -0.2) is 4.79 Å². The number of allylic oxidation sites excluding steroid dienone is 4. The third-order valence-corrected chi connectivity index (χ3v) is 4.62. The van der Waals surface area contributed by atoms with Crippen molar-refractivity contribution in [1.82, 2.24) is 0 Å². The van der Waals surface area contributed by atoms with Gasteiger partial charge in [0, 0.05) is 5.56 Å². The molecular formula is C22H28O4. The number of unbranched alkanes of at least 4 members (excludes halogenated alkanes) is 4. The van der Waals surface area contributed by atoms with Gasteiger partial charge in [-0.2, -0.15) is 0 Å².